The van der Waals surface area contributed by atoms with E-state index in [4.69, 9.17) is 0 Å². The smallest absolute Gasteiger partial charge is 0.226 e. The fraction of sp³-hybridized carbons (Fsp3) is 0.556. The van der Waals surface area contributed by atoms with Gasteiger partial charge in [-0.05, 0) is 24.0 Å². The Balaban J connectivity index is 1.77. The molecule has 0 aliphatic carbocycles. The van der Waals surface area contributed by atoms with E-state index in [1.54, 1.807) is 0 Å². The molecular weight excluding hydrogens is 290 g/mol. The number of hydrogen-bond donors (Lipinski definition) is 2. The van der Waals surface area contributed by atoms with Crippen molar-refractivity contribution < 1.29 is 9.59 Å². The van der Waals surface area contributed by atoms with E-state index in [0.717, 1.165) is 25.9 Å². The summed E-state index contributed by atoms with van der Waals surface area (Å²) in [5, 5.41) is 6.19. The Morgan fingerprint density at radius 1 is 1.26 bits per heavy atom. The molecule has 2 fully saturated rings. The maximum absolute atomic E-state index is 12.9. The van der Waals surface area contributed by atoms with Crippen molar-refractivity contribution in [3.63, 3.8) is 0 Å². The van der Waals surface area contributed by atoms with Gasteiger partial charge < -0.3 is 15.5 Å². The molecule has 2 amide bonds. The molecule has 2 N–H and O–H groups in total. The summed E-state index contributed by atoms with van der Waals surface area (Å²) in [4.78, 5) is 26.5. The zero-order chi connectivity index (χ0) is 16.2. The average molecular weight is 315 g/mol. The molecule has 2 atom stereocenters. The number of piperidine rings is 1. The average Bonchev–Trinajstić information content (AvgIpc) is 2.61. The Hall–Kier alpha value is -1.88. The SMILES string of the molecule is CCc1ccc(C2CNCCN2C(=O)C2CCNC(=O)C2)cc1. The van der Waals surface area contributed by atoms with Crippen molar-refractivity contribution in [1.82, 2.24) is 15.5 Å². The molecule has 2 aliphatic rings. The van der Waals surface area contributed by atoms with Gasteiger partial charge in [0, 0.05) is 38.5 Å². The monoisotopic (exact) mass is 315 g/mol. The number of benzene rings is 1. The number of amides is 2. The van der Waals surface area contributed by atoms with Crippen LogP contribution in [0.4, 0.5) is 0 Å². The van der Waals surface area contributed by atoms with Gasteiger partial charge in [-0.2, -0.15) is 0 Å². The van der Waals surface area contributed by atoms with Crippen LogP contribution in [0.1, 0.15) is 36.9 Å². The molecule has 0 spiro atoms. The van der Waals surface area contributed by atoms with Crippen LogP contribution in [-0.2, 0) is 16.0 Å². The van der Waals surface area contributed by atoms with E-state index >= 15 is 0 Å². The summed E-state index contributed by atoms with van der Waals surface area (Å²) in [7, 11) is 0. The summed E-state index contributed by atoms with van der Waals surface area (Å²) in [5.41, 5.74) is 2.47. The molecule has 0 radical (unpaired) electrons. The van der Waals surface area contributed by atoms with Crippen LogP contribution < -0.4 is 10.6 Å². The Morgan fingerprint density at radius 3 is 2.74 bits per heavy atom. The summed E-state index contributed by atoms with van der Waals surface area (Å²) in [6.45, 7) is 5.04. The summed E-state index contributed by atoms with van der Waals surface area (Å²) < 4.78 is 0. The zero-order valence-electron chi connectivity index (χ0n) is 13.7. The fourth-order valence-corrected chi connectivity index (χ4v) is 3.47. The van der Waals surface area contributed by atoms with Crippen LogP contribution in [-0.4, -0.2) is 42.9 Å². The maximum atomic E-state index is 12.9. The van der Waals surface area contributed by atoms with Gasteiger partial charge >= 0.3 is 0 Å². The quantitative estimate of drug-likeness (QED) is 0.882. The lowest BCUT2D eigenvalue weighted by atomic mass is 9.93. The minimum Gasteiger partial charge on any atom is -0.356 e. The van der Waals surface area contributed by atoms with Gasteiger partial charge in [-0.3, -0.25) is 9.59 Å². The molecule has 23 heavy (non-hydrogen) atoms. The van der Waals surface area contributed by atoms with Crippen LogP contribution in [0, 0.1) is 5.92 Å². The van der Waals surface area contributed by atoms with Gasteiger partial charge in [0.25, 0.3) is 0 Å². The minimum absolute atomic E-state index is 0.00594. The van der Waals surface area contributed by atoms with Gasteiger partial charge in [0.05, 0.1) is 6.04 Å². The van der Waals surface area contributed by atoms with Crippen molar-refractivity contribution in [3.8, 4) is 0 Å². The van der Waals surface area contributed by atoms with Gasteiger partial charge in [0.1, 0.15) is 0 Å². The van der Waals surface area contributed by atoms with Gasteiger partial charge in [-0.1, -0.05) is 31.2 Å². The second kappa shape index (κ2) is 7.13. The summed E-state index contributed by atoms with van der Waals surface area (Å²) >= 11 is 0. The second-order valence-electron chi connectivity index (χ2n) is 6.39. The van der Waals surface area contributed by atoms with Crippen LogP contribution in [0.5, 0.6) is 0 Å². The standard InChI is InChI=1S/C18H25N3O2/c1-2-13-3-5-14(6-4-13)16-12-19-9-10-21(16)18(23)15-7-8-20-17(22)11-15/h3-6,15-16,19H,2,7-12H2,1H3,(H,20,22). The third-order valence-corrected chi connectivity index (χ3v) is 4.90. The summed E-state index contributed by atoms with van der Waals surface area (Å²) in [6.07, 6.45) is 2.09. The number of rotatable bonds is 3. The van der Waals surface area contributed by atoms with Crippen molar-refractivity contribution in [3.05, 3.63) is 35.4 Å². The predicted octanol–water partition coefficient (Wildman–Crippen LogP) is 1.25. The molecule has 124 valence electrons. The Kier molecular flexibility index (Phi) is 4.96. The zero-order valence-corrected chi connectivity index (χ0v) is 13.7. The Bertz CT molecular complexity index is 570. The molecule has 2 unspecified atom stereocenters. The first-order chi connectivity index (χ1) is 11.2. The van der Waals surface area contributed by atoms with E-state index in [0.29, 0.717) is 19.5 Å². The number of piperazine rings is 1. The molecule has 1 aromatic carbocycles. The number of hydrogen-bond acceptors (Lipinski definition) is 3. The van der Waals surface area contributed by atoms with E-state index in [1.807, 2.05) is 4.90 Å². The molecule has 2 aliphatic heterocycles. The number of carbonyl (C=O) groups is 2. The number of nitrogens with zero attached hydrogens (tertiary/aromatic N) is 1. The van der Waals surface area contributed by atoms with E-state index in [2.05, 4.69) is 41.8 Å². The molecule has 2 heterocycles. The molecule has 0 saturated carbocycles. The highest BCUT2D eigenvalue weighted by Gasteiger charge is 2.34. The van der Waals surface area contributed by atoms with Gasteiger partial charge in [0.2, 0.25) is 11.8 Å². The van der Waals surface area contributed by atoms with Crippen LogP contribution in [0.2, 0.25) is 0 Å². The lowest BCUT2D eigenvalue weighted by molar-refractivity contribution is -0.143. The molecule has 5 nitrogen and oxygen atoms in total. The predicted molar refractivity (Wildman–Crippen MR) is 88.9 cm³/mol. The van der Waals surface area contributed by atoms with Crippen molar-refractivity contribution in [1.29, 1.82) is 0 Å². The highest BCUT2D eigenvalue weighted by Crippen LogP contribution is 2.27. The van der Waals surface area contributed by atoms with Crippen LogP contribution in [0.3, 0.4) is 0 Å². The second-order valence-corrected chi connectivity index (χ2v) is 6.39. The molecule has 1 aromatic rings. The first kappa shape index (κ1) is 16.0. The van der Waals surface area contributed by atoms with Crippen molar-refractivity contribution in [2.75, 3.05) is 26.2 Å². The highest BCUT2D eigenvalue weighted by atomic mass is 16.2. The Labute approximate surface area is 137 Å². The number of carbonyl (C=O) groups excluding carboxylic acids is 2. The number of aryl methyl sites for hydroxylation is 1. The van der Waals surface area contributed by atoms with Gasteiger partial charge in [-0.15, -0.1) is 0 Å². The lowest BCUT2D eigenvalue weighted by Crippen LogP contribution is -2.52. The Morgan fingerprint density at radius 2 is 2.04 bits per heavy atom. The molecule has 0 bridgehead atoms. The largest absolute Gasteiger partial charge is 0.356 e. The lowest BCUT2D eigenvalue weighted by Gasteiger charge is -2.39. The van der Waals surface area contributed by atoms with Crippen molar-refractivity contribution in [2.45, 2.75) is 32.2 Å². The van der Waals surface area contributed by atoms with Crippen LogP contribution in [0.25, 0.3) is 0 Å². The topological polar surface area (TPSA) is 61.4 Å². The van der Waals surface area contributed by atoms with Crippen molar-refractivity contribution >= 4 is 11.8 Å². The van der Waals surface area contributed by atoms with E-state index in [9.17, 15) is 9.59 Å². The highest BCUT2D eigenvalue weighted by molar-refractivity contribution is 5.87. The first-order valence-corrected chi connectivity index (χ1v) is 8.55. The summed E-state index contributed by atoms with van der Waals surface area (Å²) in [6, 6.07) is 8.60. The van der Waals surface area contributed by atoms with Gasteiger partial charge in [-0.25, -0.2) is 0 Å². The molecule has 5 heteroatoms. The first-order valence-electron chi connectivity index (χ1n) is 8.55. The van der Waals surface area contributed by atoms with Crippen LogP contribution in [0.15, 0.2) is 24.3 Å². The van der Waals surface area contributed by atoms with Gasteiger partial charge in [0.15, 0.2) is 0 Å². The minimum atomic E-state index is -0.167. The molecular formula is C18H25N3O2. The molecule has 3 rings (SSSR count). The maximum Gasteiger partial charge on any atom is 0.226 e. The van der Waals surface area contributed by atoms with Crippen molar-refractivity contribution in [2.24, 2.45) is 5.92 Å². The normalized spacial score (nSPS) is 25.1. The third kappa shape index (κ3) is 3.55. The summed E-state index contributed by atoms with van der Waals surface area (Å²) in [5.74, 6) is -0.0428. The fourth-order valence-electron chi connectivity index (χ4n) is 3.47. The molecule has 2 saturated heterocycles. The van der Waals surface area contributed by atoms with E-state index in [-0.39, 0.29) is 23.8 Å². The number of nitrogens with one attached hydrogen (secondary N) is 2. The third-order valence-electron chi connectivity index (χ3n) is 4.90. The van der Waals surface area contributed by atoms with E-state index in [1.165, 1.54) is 11.1 Å². The van der Waals surface area contributed by atoms with Crippen LogP contribution >= 0.6 is 0 Å². The molecule has 0 aromatic heterocycles. The van der Waals surface area contributed by atoms with E-state index < -0.39 is 0 Å².